The molecule has 0 saturated carbocycles. The van der Waals surface area contributed by atoms with Gasteiger partial charge in [0.25, 0.3) is 0 Å². The summed E-state index contributed by atoms with van der Waals surface area (Å²) in [5.74, 6) is 0. The zero-order valence-corrected chi connectivity index (χ0v) is 18.9. The van der Waals surface area contributed by atoms with E-state index in [0.29, 0.717) is 6.61 Å². The first-order valence-electron chi connectivity index (χ1n) is 10.9. The Morgan fingerprint density at radius 3 is 1.83 bits per heavy atom. The number of rotatable bonds is 9. The maximum Gasteiger partial charge on any atom is 0.126 e. The summed E-state index contributed by atoms with van der Waals surface area (Å²) in [5, 5.41) is 21.3. The highest BCUT2D eigenvalue weighted by molar-refractivity contribution is 5.39. The summed E-state index contributed by atoms with van der Waals surface area (Å²) in [6.07, 6.45) is 6.65. The Labute approximate surface area is 185 Å². The highest BCUT2D eigenvalue weighted by Crippen LogP contribution is 2.58. The van der Waals surface area contributed by atoms with E-state index in [0.717, 1.165) is 43.4 Å². The third kappa shape index (κ3) is 4.05. The number of halogens is 1. The van der Waals surface area contributed by atoms with E-state index in [1.807, 2.05) is 36.4 Å². The molecule has 0 aliphatic carbocycles. The number of hydrogen-bond acceptors (Lipinski definition) is 2. The molecule has 2 aliphatic heterocycles. The molecule has 2 bridgehead atoms. The second-order valence-corrected chi connectivity index (χ2v) is 9.03. The third-order valence-electron chi connectivity index (χ3n) is 7.46. The molecule has 4 heteroatoms. The van der Waals surface area contributed by atoms with Crippen LogP contribution in [0.2, 0.25) is 0 Å². The van der Waals surface area contributed by atoms with Gasteiger partial charge in [0.15, 0.2) is 0 Å². The fraction of sp³-hybridized carbons (Fsp3) is 0.520. The monoisotopic (exact) mass is 459 g/mol. The molecule has 0 unspecified atom stereocenters. The van der Waals surface area contributed by atoms with Gasteiger partial charge in [-0.15, -0.1) is 0 Å². The largest absolute Gasteiger partial charge is 1.00 e. The number of nitrogens with zero attached hydrogens (tertiary/aromatic N) is 1. The molecule has 2 aliphatic rings. The zero-order chi connectivity index (χ0) is 19.5. The van der Waals surface area contributed by atoms with E-state index in [2.05, 4.69) is 24.3 Å². The topological polar surface area (TPSA) is 40.5 Å². The van der Waals surface area contributed by atoms with E-state index in [1.165, 1.54) is 37.0 Å². The van der Waals surface area contributed by atoms with Gasteiger partial charge in [-0.1, -0.05) is 67.1 Å². The first-order valence-corrected chi connectivity index (χ1v) is 10.9. The summed E-state index contributed by atoms with van der Waals surface area (Å²) in [4.78, 5) is 0. The van der Waals surface area contributed by atoms with Crippen molar-refractivity contribution in [1.82, 2.24) is 0 Å². The molecular formula is C25H34BrNO2. The quantitative estimate of drug-likeness (QED) is 0.435. The number of unbranched alkanes of at least 4 members (excludes halogenated alkanes) is 3. The summed E-state index contributed by atoms with van der Waals surface area (Å²) in [6, 6.07) is 20.7. The lowest BCUT2D eigenvalue weighted by Crippen LogP contribution is -3.00. The minimum Gasteiger partial charge on any atom is -1.00 e. The van der Waals surface area contributed by atoms with Crippen LogP contribution >= 0.6 is 0 Å². The number of benzene rings is 2. The summed E-state index contributed by atoms with van der Waals surface area (Å²) in [7, 11) is 0. The molecule has 0 atom stereocenters. The van der Waals surface area contributed by atoms with Crippen LogP contribution in [0.15, 0.2) is 60.7 Å². The smallest absolute Gasteiger partial charge is 0.126 e. The van der Waals surface area contributed by atoms with Crippen LogP contribution in [0.25, 0.3) is 0 Å². The lowest BCUT2D eigenvalue weighted by molar-refractivity contribution is -0.909. The molecule has 0 aromatic heterocycles. The average Bonchev–Trinajstić information content (AvgIpc) is 3.32. The van der Waals surface area contributed by atoms with Gasteiger partial charge in [-0.3, -0.25) is 0 Å². The molecule has 2 saturated heterocycles. The van der Waals surface area contributed by atoms with Gasteiger partial charge in [0.2, 0.25) is 0 Å². The second kappa shape index (κ2) is 9.30. The van der Waals surface area contributed by atoms with Crippen LogP contribution in [-0.2, 0) is 5.60 Å². The van der Waals surface area contributed by atoms with Crippen LogP contribution in [0.1, 0.15) is 49.7 Å². The van der Waals surface area contributed by atoms with E-state index >= 15 is 0 Å². The van der Waals surface area contributed by atoms with Crippen molar-refractivity contribution in [2.45, 2.75) is 44.1 Å². The van der Waals surface area contributed by atoms with Gasteiger partial charge in [-0.2, -0.15) is 0 Å². The molecular weight excluding hydrogens is 426 g/mol. The van der Waals surface area contributed by atoms with Gasteiger partial charge in [0, 0.05) is 19.4 Å². The highest BCUT2D eigenvalue weighted by Gasteiger charge is 2.65. The van der Waals surface area contributed by atoms with Crippen molar-refractivity contribution in [3.63, 3.8) is 0 Å². The summed E-state index contributed by atoms with van der Waals surface area (Å²) < 4.78 is 1.17. The Morgan fingerprint density at radius 2 is 1.31 bits per heavy atom. The highest BCUT2D eigenvalue weighted by atomic mass is 79.9. The lowest BCUT2D eigenvalue weighted by atomic mass is 9.63. The van der Waals surface area contributed by atoms with Crippen LogP contribution in [-0.4, -0.2) is 47.5 Å². The molecule has 0 amide bonds. The molecule has 2 aromatic carbocycles. The molecule has 2 N–H and O–H groups in total. The van der Waals surface area contributed by atoms with Gasteiger partial charge >= 0.3 is 0 Å². The van der Waals surface area contributed by atoms with Crippen molar-refractivity contribution in [1.29, 1.82) is 0 Å². The Hall–Kier alpha value is -1.20. The molecule has 4 rings (SSSR count). The fourth-order valence-electron chi connectivity index (χ4n) is 5.93. The SMILES string of the molecule is OCCCCCC[N+]12CCC(C(O)(c3ccccc3)c3ccccc3)(CC1)C2.[Br-]. The molecule has 2 aromatic rings. The van der Waals surface area contributed by atoms with E-state index in [1.54, 1.807) is 0 Å². The normalized spacial score (nSPS) is 25.7. The van der Waals surface area contributed by atoms with E-state index in [-0.39, 0.29) is 22.4 Å². The van der Waals surface area contributed by atoms with Gasteiger partial charge in [-0.25, -0.2) is 0 Å². The Morgan fingerprint density at radius 1 is 0.793 bits per heavy atom. The molecule has 158 valence electrons. The van der Waals surface area contributed by atoms with Crippen LogP contribution in [0.4, 0.5) is 0 Å². The average molecular weight is 460 g/mol. The lowest BCUT2D eigenvalue weighted by Gasteiger charge is -2.42. The van der Waals surface area contributed by atoms with Gasteiger partial charge in [0.05, 0.1) is 31.6 Å². The molecule has 3 nitrogen and oxygen atoms in total. The van der Waals surface area contributed by atoms with Crippen LogP contribution < -0.4 is 17.0 Å². The van der Waals surface area contributed by atoms with Crippen molar-refractivity contribution in [3.05, 3.63) is 71.8 Å². The number of hydrogen-bond donors (Lipinski definition) is 2. The Bertz CT molecular complexity index is 717. The minimum absolute atomic E-state index is 0. The number of piperidine rings is 1. The first kappa shape index (κ1) is 22.5. The first-order chi connectivity index (χ1) is 13.6. The zero-order valence-electron chi connectivity index (χ0n) is 17.3. The standard InChI is InChI=1S/C25H34NO2.BrH/c27-20-10-2-1-9-17-26-18-15-24(21-26,16-19-26)25(28,22-11-5-3-6-12-22)23-13-7-4-8-14-23;/h3-8,11-14,27-28H,1-2,9-10,15-21H2;1H/q+1;/p-1. The second-order valence-electron chi connectivity index (χ2n) is 9.03. The van der Waals surface area contributed by atoms with Gasteiger partial charge in [0.1, 0.15) is 5.60 Å². The predicted octanol–water partition coefficient (Wildman–Crippen LogP) is 1.09. The van der Waals surface area contributed by atoms with Crippen molar-refractivity contribution < 1.29 is 31.7 Å². The number of quaternary nitrogens is 1. The van der Waals surface area contributed by atoms with E-state index in [9.17, 15) is 5.11 Å². The molecule has 2 fully saturated rings. The van der Waals surface area contributed by atoms with Crippen molar-refractivity contribution in [2.24, 2.45) is 5.41 Å². The van der Waals surface area contributed by atoms with Gasteiger partial charge < -0.3 is 31.7 Å². The van der Waals surface area contributed by atoms with E-state index < -0.39 is 5.60 Å². The Kier molecular flexibility index (Phi) is 7.21. The third-order valence-corrected chi connectivity index (χ3v) is 7.46. The van der Waals surface area contributed by atoms with Crippen LogP contribution in [0.3, 0.4) is 0 Å². The summed E-state index contributed by atoms with van der Waals surface area (Å²) in [6.45, 7) is 4.97. The summed E-state index contributed by atoms with van der Waals surface area (Å²) >= 11 is 0. The van der Waals surface area contributed by atoms with Crippen molar-refractivity contribution >= 4 is 0 Å². The number of fused-ring (bicyclic) bond motifs is 2. The van der Waals surface area contributed by atoms with Crippen molar-refractivity contribution in [3.8, 4) is 0 Å². The summed E-state index contributed by atoms with van der Waals surface area (Å²) in [5.41, 5.74) is 1.06. The molecule has 2 heterocycles. The van der Waals surface area contributed by atoms with Crippen molar-refractivity contribution in [2.75, 3.05) is 32.8 Å². The van der Waals surface area contributed by atoms with Gasteiger partial charge in [-0.05, 0) is 30.4 Å². The number of aliphatic hydroxyl groups excluding tert-OH is 1. The maximum absolute atomic E-state index is 12.3. The van der Waals surface area contributed by atoms with Crippen LogP contribution in [0.5, 0.6) is 0 Å². The maximum atomic E-state index is 12.3. The van der Waals surface area contributed by atoms with Crippen LogP contribution in [0, 0.1) is 5.41 Å². The fourth-order valence-corrected chi connectivity index (χ4v) is 5.93. The number of aliphatic hydroxyl groups is 2. The minimum atomic E-state index is -0.928. The molecule has 29 heavy (non-hydrogen) atoms. The predicted molar refractivity (Wildman–Crippen MR) is 113 cm³/mol. The Balaban J connectivity index is 0.00000240. The van der Waals surface area contributed by atoms with E-state index in [4.69, 9.17) is 5.11 Å². The molecule has 0 spiro atoms. The molecule has 0 radical (unpaired) electrons.